The van der Waals surface area contributed by atoms with Crippen molar-refractivity contribution in [2.45, 2.75) is 26.1 Å². The van der Waals surface area contributed by atoms with Gasteiger partial charge in [-0.1, -0.05) is 11.6 Å². The van der Waals surface area contributed by atoms with E-state index in [-0.39, 0.29) is 5.75 Å². The first kappa shape index (κ1) is 13.5. The molecule has 19 heavy (non-hydrogen) atoms. The lowest BCUT2D eigenvalue weighted by atomic mass is 9.97. The van der Waals surface area contributed by atoms with Crippen molar-refractivity contribution in [3.8, 4) is 5.75 Å². The van der Waals surface area contributed by atoms with Crippen LogP contribution in [0.15, 0.2) is 17.7 Å². The van der Waals surface area contributed by atoms with Gasteiger partial charge in [0.2, 0.25) is 6.10 Å². The van der Waals surface area contributed by atoms with Gasteiger partial charge in [-0.25, -0.2) is 4.79 Å². The second-order valence-electron chi connectivity index (χ2n) is 4.44. The highest BCUT2D eigenvalue weighted by atomic mass is 19.4. The Morgan fingerprint density at radius 3 is 2.47 bits per heavy atom. The average molecular weight is 272 g/mol. The Labute approximate surface area is 107 Å². The maximum absolute atomic E-state index is 12.8. The molecular weight excluding hydrogens is 261 g/mol. The molecule has 1 N–H and O–H groups in total. The molecule has 3 nitrogen and oxygen atoms in total. The summed E-state index contributed by atoms with van der Waals surface area (Å²) in [6, 6.07) is 3.28. The molecule has 1 aliphatic heterocycles. The van der Waals surface area contributed by atoms with Gasteiger partial charge < -0.3 is 9.84 Å². The van der Waals surface area contributed by atoms with Gasteiger partial charge in [0.25, 0.3) is 0 Å². The van der Waals surface area contributed by atoms with Crippen LogP contribution in [0.3, 0.4) is 0 Å². The topological polar surface area (TPSA) is 46.5 Å². The summed E-state index contributed by atoms with van der Waals surface area (Å²) in [5.41, 5.74) is 0.927. The fourth-order valence-corrected chi connectivity index (χ4v) is 2.10. The Morgan fingerprint density at radius 2 is 1.95 bits per heavy atom. The third kappa shape index (κ3) is 2.43. The SMILES string of the molecule is Cc1cc(C)c2c(c1)C=C(C(=O)O)[C@H](C(F)(F)F)O2. The minimum Gasteiger partial charge on any atom is -0.478 e. The number of carbonyl (C=O) groups is 1. The molecule has 1 aliphatic rings. The third-order valence-corrected chi connectivity index (χ3v) is 2.82. The molecule has 0 spiro atoms. The van der Waals surface area contributed by atoms with Crippen molar-refractivity contribution in [2.24, 2.45) is 0 Å². The van der Waals surface area contributed by atoms with Gasteiger partial charge in [0.05, 0.1) is 5.57 Å². The van der Waals surface area contributed by atoms with Gasteiger partial charge in [-0.2, -0.15) is 13.2 Å². The van der Waals surface area contributed by atoms with Gasteiger partial charge >= 0.3 is 12.1 Å². The molecule has 0 saturated carbocycles. The molecule has 0 radical (unpaired) electrons. The van der Waals surface area contributed by atoms with E-state index in [9.17, 15) is 18.0 Å². The van der Waals surface area contributed by atoms with Gasteiger partial charge in [0, 0.05) is 5.56 Å². The smallest absolute Gasteiger partial charge is 0.430 e. The Bertz CT molecular complexity index is 573. The first-order chi connectivity index (χ1) is 8.70. The molecule has 1 heterocycles. The van der Waals surface area contributed by atoms with Crippen LogP contribution < -0.4 is 4.74 Å². The van der Waals surface area contributed by atoms with Crippen molar-refractivity contribution in [1.29, 1.82) is 0 Å². The van der Waals surface area contributed by atoms with E-state index >= 15 is 0 Å². The van der Waals surface area contributed by atoms with Crippen molar-refractivity contribution in [1.82, 2.24) is 0 Å². The van der Waals surface area contributed by atoms with E-state index in [2.05, 4.69) is 0 Å². The van der Waals surface area contributed by atoms with E-state index in [1.165, 1.54) is 0 Å². The van der Waals surface area contributed by atoms with Gasteiger partial charge in [-0.15, -0.1) is 0 Å². The molecule has 0 bridgehead atoms. The molecule has 0 amide bonds. The number of aryl methyl sites for hydroxylation is 2. The van der Waals surface area contributed by atoms with Crippen molar-refractivity contribution < 1.29 is 27.8 Å². The first-order valence-corrected chi connectivity index (χ1v) is 5.49. The third-order valence-electron chi connectivity index (χ3n) is 2.82. The zero-order valence-electron chi connectivity index (χ0n) is 10.2. The largest absolute Gasteiger partial charge is 0.478 e. The normalized spacial score (nSPS) is 18.4. The fourth-order valence-electron chi connectivity index (χ4n) is 2.10. The Morgan fingerprint density at radius 1 is 1.32 bits per heavy atom. The molecule has 1 atom stereocenters. The Kier molecular flexibility index (Phi) is 3.04. The summed E-state index contributed by atoms with van der Waals surface area (Å²) in [5, 5.41) is 8.89. The number of hydrogen-bond acceptors (Lipinski definition) is 2. The lowest BCUT2D eigenvalue weighted by molar-refractivity contribution is -0.187. The number of benzene rings is 1. The van der Waals surface area contributed by atoms with Crippen LogP contribution in [-0.2, 0) is 4.79 Å². The molecule has 0 fully saturated rings. The van der Waals surface area contributed by atoms with Crippen LogP contribution >= 0.6 is 0 Å². The first-order valence-electron chi connectivity index (χ1n) is 5.49. The fraction of sp³-hybridized carbons (Fsp3) is 0.308. The lowest BCUT2D eigenvalue weighted by Gasteiger charge is -2.28. The number of alkyl halides is 3. The van der Waals surface area contributed by atoms with Gasteiger partial charge in [0.15, 0.2) is 0 Å². The number of ether oxygens (including phenoxy) is 1. The highest BCUT2D eigenvalue weighted by Gasteiger charge is 2.48. The molecule has 0 aromatic heterocycles. The van der Waals surface area contributed by atoms with Gasteiger partial charge in [-0.3, -0.25) is 0 Å². The molecule has 0 saturated heterocycles. The van der Waals surface area contributed by atoms with Crippen LogP contribution in [-0.4, -0.2) is 23.4 Å². The van der Waals surface area contributed by atoms with Crippen LogP contribution in [0.1, 0.15) is 16.7 Å². The molecule has 0 aliphatic carbocycles. The van der Waals surface area contributed by atoms with Crippen LogP contribution in [0.4, 0.5) is 13.2 Å². The number of halogens is 3. The van der Waals surface area contributed by atoms with Crippen LogP contribution in [0, 0.1) is 13.8 Å². The average Bonchev–Trinajstić information content (AvgIpc) is 2.25. The van der Waals surface area contributed by atoms with E-state index in [1.54, 1.807) is 26.0 Å². The number of carboxylic acids is 1. The number of fused-ring (bicyclic) bond motifs is 1. The standard InChI is InChI=1S/C13H11F3O3/c1-6-3-7(2)10-8(4-6)5-9(12(17)18)11(19-10)13(14,15)16/h3-5,11H,1-2H3,(H,17,18)/t11-/m1/s1. The summed E-state index contributed by atoms with van der Waals surface area (Å²) in [6.45, 7) is 3.40. The summed E-state index contributed by atoms with van der Waals surface area (Å²) < 4.78 is 43.4. The summed E-state index contributed by atoms with van der Waals surface area (Å²) in [5.74, 6) is -1.55. The number of hydrogen-bond donors (Lipinski definition) is 1. The molecule has 6 heteroatoms. The van der Waals surface area contributed by atoms with E-state index in [4.69, 9.17) is 9.84 Å². The van der Waals surface area contributed by atoms with Crippen LogP contribution in [0.5, 0.6) is 5.75 Å². The van der Waals surface area contributed by atoms with Crippen molar-refractivity contribution in [2.75, 3.05) is 0 Å². The predicted molar refractivity (Wildman–Crippen MR) is 62.0 cm³/mol. The molecule has 2 rings (SSSR count). The highest BCUT2D eigenvalue weighted by molar-refractivity contribution is 5.95. The Hall–Kier alpha value is -1.98. The van der Waals surface area contributed by atoms with Crippen LogP contribution in [0.25, 0.3) is 6.08 Å². The molecule has 0 unspecified atom stereocenters. The van der Waals surface area contributed by atoms with E-state index < -0.39 is 23.8 Å². The van der Waals surface area contributed by atoms with E-state index in [1.807, 2.05) is 0 Å². The van der Waals surface area contributed by atoms with Gasteiger partial charge in [0.1, 0.15) is 5.75 Å². The quantitative estimate of drug-likeness (QED) is 0.854. The monoisotopic (exact) mass is 272 g/mol. The van der Waals surface area contributed by atoms with E-state index in [0.717, 1.165) is 11.6 Å². The zero-order chi connectivity index (χ0) is 14.4. The molecule has 1 aromatic rings. The zero-order valence-corrected chi connectivity index (χ0v) is 10.2. The number of rotatable bonds is 1. The number of aliphatic carboxylic acids is 1. The van der Waals surface area contributed by atoms with E-state index in [0.29, 0.717) is 11.1 Å². The Balaban J connectivity index is 2.61. The maximum Gasteiger partial charge on any atom is 0.430 e. The van der Waals surface area contributed by atoms with Gasteiger partial charge in [-0.05, 0) is 31.6 Å². The summed E-state index contributed by atoms with van der Waals surface area (Å²) >= 11 is 0. The second-order valence-corrected chi connectivity index (χ2v) is 4.44. The molecular formula is C13H11F3O3. The summed E-state index contributed by atoms with van der Waals surface area (Å²) in [7, 11) is 0. The lowest BCUT2D eigenvalue weighted by Crippen LogP contribution is -2.40. The summed E-state index contributed by atoms with van der Waals surface area (Å²) in [4.78, 5) is 10.9. The summed E-state index contributed by atoms with van der Waals surface area (Å²) in [6.07, 6.45) is -6.17. The minimum atomic E-state index is -4.76. The molecule has 1 aromatic carbocycles. The van der Waals surface area contributed by atoms with Crippen molar-refractivity contribution in [3.05, 3.63) is 34.4 Å². The maximum atomic E-state index is 12.8. The minimum absolute atomic E-state index is 0.0814. The number of carboxylic acid groups (broad SMARTS) is 1. The van der Waals surface area contributed by atoms with Crippen molar-refractivity contribution in [3.63, 3.8) is 0 Å². The predicted octanol–water partition coefficient (Wildman–Crippen LogP) is 3.09. The van der Waals surface area contributed by atoms with Crippen molar-refractivity contribution >= 4 is 12.0 Å². The highest BCUT2D eigenvalue weighted by Crippen LogP contribution is 2.39. The van der Waals surface area contributed by atoms with Crippen LogP contribution in [0.2, 0.25) is 0 Å². The molecule has 102 valence electrons. The second kappa shape index (κ2) is 4.29.